The lowest BCUT2D eigenvalue weighted by Gasteiger charge is -2.06. The molecule has 0 saturated carbocycles. The van der Waals surface area contributed by atoms with Gasteiger partial charge in [0.05, 0.1) is 17.4 Å². The lowest BCUT2D eigenvalue weighted by atomic mass is 10.2. The van der Waals surface area contributed by atoms with Gasteiger partial charge in [-0.15, -0.1) is 12.3 Å². The van der Waals surface area contributed by atoms with E-state index in [9.17, 15) is 0 Å². The minimum Gasteiger partial charge on any atom is -0.382 e. The van der Waals surface area contributed by atoms with Gasteiger partial charge in [0.2, 0.25) is 0 Å². The molecule has 15 heavy (non-hydrogen) atoms. The number of anilines is 1. The maximum Gasteiger partial charge on any atom is 0.0950 e. The lowest BCUT2D eigenvalue weighted by molar-refractivity contribution is 1.05. The molecule has 3 heteroatoms. The van der Waals surface area contributed by atoms with Gasteiger partial charge in [-0.25, -0.2) is 0 Å². The largest absolute Gasteiger partial charge is 0.382 e. The highest BCUT2D eigenvalue weighted by atomic mass is 15.1. The number of nitrogens with zero attached hydrogens (tertiary/aromatic N) is 2. The summed E-state index contributed by atoms with van der Waals surface area (Å²) in [6, 6.07) is 7.88. The van der Waals surface area contributed by atoms with Gasteiger partial charge in [0, 0.05) is 18.4 Å². The number of terminal acetylenes is 1. The zero-order chi connectivity index (χ0) is 10.5. The topological polar surface area (TPSA) is 37.8 Å². The first kappa shape index (κ1) is 9.47. The van der Waals surface area contributed by atoms with Crippen LogP contribution in [0.15, 0.2) is 30.5 Å². The zero-order valence-electron chi connectivity index (χ0n) is 8.27. The normalized spacial score (nSPS) is 9.80. The number of rotatable bonds is 3. The molecule has 0 unspecified atom stereocenters. The Morgan fingerprint density at radius 3 is 3.07 bits per heavy atom. The summed E-state index contributed by atoms with van der Waals surface area (Å²) in [5.41, 5.74) is 1.87. The predicted octanol–water partition coefficient (Wildman–Crippen LogP) is 2.06. The van der Waals surface area contributed by atoms with E-state index in [-0.39, 0.29) is 0 Å². The van der Waals surface area contributed by atoms with Crippen molar-refractivity contribution in [3.8, 4) is 12.3 Å². The predicted molar refractivity (Wildman–Crippen MR) is 61.5 cm³/mol. The Morgan fingerprint density at radius 2 is 2.20 bits per heavy atom. The van der Waals surface area contributed by atoms with Crippen LogP contribution in [0, 0.1) is 12.3 Å². The van der Waals surface area contributed by atoms with E-state index in [4.69, 9.17) is 6.42 Å². The Morgan fingerprint density at radius 1 is 1.33 bits per heavy atom. The first-order chi connectivity index (χ1) is 7.42. The minimum absolute atomic E-state index is 0.705. The van der Waals surface area contributed by atoms with Crippen molar-refractivity contribution in [3.05, 3.63) is 30.5 Å². The van der Waals surface area contributed by atoms with E-state index in [1.54, 1.807) is 6.20 Å². The lowest BCUT2D eigenvalue weighted by Crippen LogP contribution is -2.02. The van der Waals surface area contributed by atoms with Gasteiger partial charge in [0.15, 0.2) is 0 Å². The first-order valence-electron chi connectivity index (χ1n) is 4.79. The molecule has 1 heterocycles. The molecule has 0 aliphatic carbocycles. The van der Waals surface area contributed by atoms with Crippen molar-refractivity contribution in [2.45, 2.75) is 6.42 Å². The molecule has 2 aromatic rings. The second kappa shape index (κ2) is 4.43. The SMILES string of the molecule is C#CCCNc1cnnc2ccccc12. The number of nitrogens with one attached hydrogen (secondary N) is 1. The number of hydrogen-bond donors (Lipinski definition) is 1. The third-order valence-corrected chi connectivity index (χ3v) is 2.13. The van der Waals surface area contributed by atoms with Crippen molar-refractivity contribution in [2.24, 2.45) is 0 Å². The Bertz CT molecular complexity index is 494. The summed E-state index contributed by atoms with van der Waals surface area (Å²) in [5, 5.41) is 12.3. The van der Waals surface area contributed by atoms with Crippen LogP contribution in [0.2, 0.25) is 0 Å². The number of hydrogen-bond acceptors (Lipinski definition) is 3. The van der Waals surface area contributed by atoms with Crippen LogP contribution in [0.5, 0.6) is 0 Å². The number of aromatic nitrogens is 2. The summed E-state index contributed by atoms with van der Waals surface area (Å²) in [4.78, 5) is 0. The van der Waals surface area contributed by atoms with Gasteiger partial charge in [0.1, 0.15) is 0 Å². The molecular weight excluding hydrogens is 186 g/mol. The Kier molecular flexibility index (Phi) is 2.80. The van der Waals surface area contributed by atoms with Crippen molar-refractivity contribution < 1.29 is 0 Å². The van der Waals surface area contributed by atoms with Crippen LogP contribution in [0.3, 0.4) is 0 Å². The molecule has 0 radical (unpaired) electrons. The van der Waals surface area contributed by atoms with Crippen molar-refractivity contribution in [1.29, 1.82) is 0 Å². The standard InChI is InChI=1S/C12H11N3/c1-2-3-8-13-12-9-14-15-11-7-5-4-6-10(11)12/h1,4-7,9H,3,8H2,(H,13,15). The molecular formula is C12H11N3. The van der Waals surface area contributed by atoms with E-state index < -0.39 is 0 Å². The van der Waals surface area contributed by atoms with Gasteiger partial charge in [-0.2, -0.15) is 10.2 Å². The van der Waals surface area contributed by atoms with E-state index in [0.717, 1.165) is 23.1 Å². The fraction of sp³-hybridized carbons (Fsp3) is 0.167. The molecule has 1 aromatic carbocycles. The maximum atomic E-state index is 5.19. The minimum atomic E-state index is 0.705. The second-order valence-electron chi connectivity index (χ2n) is 3.16. The van der Waals surface area contributed by atoms with Crippen LogP contribution in [-0.4, -0.2) is 16.7 Å². The molecule has 0 spiro atoms. The van der Waals surface area contributed by atoms with Gasteiger partial charge in [-0.1, -0.05) is 18.2 Å². The second-order valence-corrected chi connectivity index (χ2v) is 3.16. The van der Waals surface area contributed by atoms with E-state index in [1.807, 2.05) is 24.3 Å². The summed E-state index contributed by atoms with van der Waals surface area (Å²) >= 11 is 0. The molecule has 0 atom stereocenters. The van der Waals surface area contributed by atoms with Crippen LogP contribution >= 0.6 is 0 Å². The molecule has 1 N–H and O–H groups in total. The zero-order valence-corrected chi connectivity index (χ0v) is 8.27. The van der Waals surface area contributed by atoms with Crippen LogP contribution in [0.4, 0.5) is 5.69 Å². The highest BCUT2D eigenvalue weighted by Gasteiger charge is 2.00. The summed E-state index contributed by atoms with van der Waals surface area (Å²) < 4.78 is 0. The molecule has 0 bridgehead atoms. The summed E-state index contributed by atoms with van der Waals surface area (Å²) in [6.07, 6.45) is 7.61. The van der Waals surface area contributed by atoms with Crippen molar-refractivity contribution in [2.75, 3.05) is 11.9 Å². The Balaban J connectivity index is 2.31. The summed E-state index contributed by atoms with van der Waals surface area (Å²) in [7, 11) is 0. The van der Waals surface area contributed by atoms with Gasteiger partial charge >= 0.3 is 0 Å². The molecule has 0 saturated heterocycles. The monoisotopic (exact) mass is 197 g/mol. The van der Waals surface area contributed by atoms with Crippen LogP contribution < -0.4 is 5.32 Å². The highest BCUT2D eigenvalue weighted by molar-refractivity contribution is 5.90. The molecule has 0 aliphatic rings. The summed E-state index contributed by atoms with van der Waals surface area (Å²) in [5.74, 6) is 2.59. The van der Waals surface area contributed by atoms with E-state index >= 15 is 0 Å². The van der Waals surface area contributed by atoms with Gasteiger partial charge < -0.3 is 5.32 Å². The fourth-order valence-corrected chi connectivity index (χ4v) is 1.42. The Labute approximate surface area is 88.5 Å². The van der Waals surface area contributed by atoms with Crippen LogP contribution in [0.1, 0.15) is 6.42 Å². The third kappa shape index (κ3) is 2.05. The van der Waals surface area contributed by atoms with E-state index in [1.165, 1.54) is 0 Å². The smallest absolute Gasteiger partial charge is 0.0950 e. The molecule has 0 aliphatic heterocycles. The molecule has 3 nitrogen and oxygen atoms in total. The molecule has 0 fully saturated rings. The third-order valence-electron chi connectivity index (χ3n) is 2.13. The molecule has 1 aromatic heterocycles. The van der Waals surface area contributed by atoms with E-state index in [0.29, 0.717) is 6.42 Å². The molecule has 74 valence electrons. The molecule has 0 amide bonds. The summed E-state index contributed by atoms with van der Waals surface area (Å²) in [6.45, 7) is 0.756. The maximum absolute atomic E-state index is 5.19. The van der Waals surface area contributed by atoms with Gasteiger partial charge in [-0.3, -0.25) is 0 Å². The number of fused-ring (bicyclic) bond motifs is 1. The van der Waals surface area contributed by atoms with Crippen molar-refractivity contribution in [1.82, 2.24) is 10.2 Å². The van der Waals surface area contributed by atoms with Gasteiger partial charge in [-0.05, 0) is 6.07 Å². The first-order valence-corrected chi connectivity index (χ1v) is 4.79. The van der Waals surface area contributed by atoms with Crippen molar-refractivity contribution in [3.63, 3.8) is 0 Å². The quantitative estimate of drug-likeness (QED) is 0.604. The highest BCUT2D eigenvalue weighted by Crippen LogP contribution is 2.19. The van der Waals surface area contributed by atoms with Gasteiger partial charge in [0.25, 0.3) is 0 Å². The van der Waals surface area contributed by atoms with Crippen LogP contribution in [-0.2, 0) is 0 Å². The van der Waals surface area contributed by atoms with E-state index in [2.05, 4.69) is 21.4 Å². The van der Waals surface area contributed by atoms with Crippen LogP contribution in [0.25, 0.3) is 10.9 Å². The fourth-order valence-electron chi connectivity index (χ4n) is 1.42. The average Bonchev–Trinajstić information content (AvgIpc) is 2.30. The molecule has 2 rings (SSSR count). The average molecular weight is 197 g/mol. The van der Waals surface area contributed by atoms with Crippen molar-refractivity contribution >= 4 is 16.6 Å². The Hall–Kier alpha value is -2.08. The number of benzene rings is 1.